The largest absolute Gasteiger partial charge is 0.482 e. The lowest BCUT2D eigenvalue weighted by atomic mass is 10.1. The number of hydrogen-bond donors (Lipinski definition) is 1. The van der Waals surface area contributed by atoms with Crippen LogP contribution in [0.15, 0.2) is 42.5 Å². The van der Waals surface area contributed by atoms with Crippen LogP contribution in [0.25, 0.3) is 0 Å². The van der Waals surface area contributed by atoms with Gasteiger partial charge in [0.2, 0.25) is 5.13 Å². The van der Waals surface area contributed by atoms with Gasteiger partial charge < -0.3 is 4.74 Å². The van der Waals surface area contributed by atoms with Gasteiger partial charge in [0, 0.05) is 11.1 Å². The third kappa shape index (κ3) is 4.13. The Morgan fingerprint density at radius 1 is 1.07 bits per heavy atom. The van der Waals surface area contributed by atoms with E-state index in [4.69, 9.17) is 27.9 Å². The molecule has 11 heteroatoms. The average Bonchev–Trinajstić information content (AvgIpc) is 3.27. The summed E-state index contributed by atoms with van der Waals surface area (Å²) in [6.45, 7) is -0.345. The van der Waals surface area contributed by atoms with E-state index in [9.17, 15) is 14.4 Å². The van der Waals surface area contributed by atoms with Gasteiger partial charge in [-0.2, -0.15) is 0 Å². The highest BCUT2D eigenvalue weighted by atomic mass is 35.5. The maximum atomic E-state index is 12.4. The van der Waals surface area contributed by atoms with E-state index in [0.717, 1.165) is 16.2 Å². The van der Waals surface area contributed by atoms with Crippen LogP contribution in [-0.4, -0.2) is 39.4 Å². The maximum Gasteiger partial charge on any atom is 0.264 e. The molecule has 1 N–H and O–H groups in total. The summed E-state index contributed by atoms with van der Waals surface area (Å²) in [5, 5.41) is 11.7. The van der Waals surface area contributed by atoms with E-state index in [2.05, 4.69) is 15.5 Å². The normalized spacial score (nSPS) is 12.8. The lowest BCUT2D eigenvalue weighted by Gasteiger charge is -2.10. The molecule has 0 saturated carbocycles. The third-order valence-corrected chi connectivity index (χ3v) is 5.51. The van der Waals surface area contributed by atoms with Crippen LogP contribution in [0.5, 0.6) is 5.75 Å². The predicted octanol–water partition coefficient (Wildman–Crippen LogP) is 3.66. The fraction of sp³-hybridized carbons (Fsp3) is 0.105. The summed E-state index contributed by atoms with van der Waals surface area (Å²) in [6.07, 6.45) is 0. The van der Waals surface area contributed by atoms with Crippen LogP contribution < -0.4 is 10.1 Å². The second-order valence-corrected chi connectivity index (χ2v) is 8.06. The number of aromatic nitrogens is 2. The zero-order valence-corrected chi connectivity index (χ0v) is 17.4. The Morgan fingerprint density at radius 2 is 1.77 bits per heavy atom. The molecule has 1 aliphatic rings. The first-order valence-electron chi connectivity index (χ1n) is 8.57. The van der Waals surface area contributed by atoms with E-state index in [-0.39, 0.29) is 35.8 Å². The Morgan fingerprint density at radius 3 is 2.47 bits per heavy atom. The van der Waals surface area contributed by atoms with Gasteiger partial charge in [-0.15, -0.1) is 10.2 Å². The van der Waals surface area contributed by atoms with E-state index in [0.29, 0.717) is 26.2 Å². The smallest absolute Gasteiger partial charge is 0.264 e. The van der Waals surface area contributed by atoms with Gasteiger partial charge in [-0.1, -0.05) is 46.7 Å². The molecule has 0 atom stereocenters. The van der Waals surface area contributed by atoms with Crippen molar-refractivity contribution >= 4 is 57.4 Å². The van der Waals surface area contributed by atoms with Crippen LogP contribution >= 0.6 is 34.5 Å². The minimum atomic E-state index is -0.477. The number of ether oxygens (including phenoxy) is 1. The molecule has 0 unspecified atom stereocenters. The van der Waals surface area contributed by atoms with Crippen molar-refractivity contribution in [3.8, 4) is 5.75 Å². The van der Waals surface area contributed by atoms with Gasteiger partial charge in [-0.25, -0.2) is 0 Å². The second kappa shape index (κ2) is 8.39. The van der Waals surface area contributed by atoms with Crippen molar-refractivity contribution < 1.29 is 19.1 Å². The van der Waals surface area contributed by atoms with Gasteiger partial charge in [-0.05, 0) is 24.3 Å². The van der Waals surface area contributed by atoms with Crippen molar-refractivity contribution in [2.75, 3.05) is 11.9 Å². The van der Waals surface area contributed by atoms with Crippen molar-refractivity contribution in [1.29, 1.82) is 0 Å². The molecule has 2 heterocycles. The first-order valence-corrected chi connectivity index (χ1v) is 10.1. The van der Waals surface area contributed by atoms with Crippen LogP contribution in [0, 0.1) is 0 Å². The standard InChI is InChI=1S/C19H12Cl2N4O4S/c20-10-5-6-13(21)14(7-10)29-9-15(26)22-19-24-23-16(30-19)8-25-17(27)11-3-1-2-4-12(11)18(25)28/h1-7H,8-9H2,(H,22,24,26). The highest BCUT2D eigenvalue weighted by Crippen LogP contribution is 2.28. The monoisotopic (exact) mass is 462 g/mol. The summed E-state index contributed by atoms with van der Waals surface area (Å²) in [4.78, 5) is 38.0. The van der Waals surface area contributed by atoms with Gasteiger partial charge >= 0.3 is 0 Å². The molecule has 3 amide bonds. The number of carbonyl (C=O) groups is 3. The van der Waals surface area contributed by atoms with Crippen molar-refractivity contribution in [3.63, 3.8) is 0 Å². The van der Waals surface area contributed by atoms with Gasteiger partial charge in [0.05, 0.1) is 22.7 Å². The molecule has 4 rings (SSSR count). The lowest BCUT2D eigenvalue weighted by Crippen LogP contribution is -2.29. The fourth-order valence-electron chi connectivity index (χ4n) is 2.77. The molecule has 2 aromatic carbocycles. The van der Waals surface area contributed by atoms with Crippen LogP contribution in [0.3, 0.4) is 0 Å². The quantitative estimate of drug-likeness (QED) is 0.560. The highest BCUT2D eigenvalue weighted by molar-refractivity contribution is 7.15. The molecule has 0 radical (unpaired) electrons. The molecule has 0 saturated heterocycles. The van der Waals surface area contributed by atoms with Gasteiger partial charge in [0.25, 0.3) is 17.7 Å². The first kappa shape index (κ1) is 20.3. The SMILES string of the molecule is O=C(COc1cc(Cl)ccc1Cl)Nc1nnc(CN2C(=O)c3ccccc3C2=O)s1. The van der Waals surface area contributed by atoms with Gasteiger partial charge in [0.1, 0.15) is 10.8 Å². The Kier molecular flexibility index (Phi) is 5.67. The zero-order valence-electron chi connectivity index (χ0n) is 15.1. The maximum absolute atomic E-state index is 12.4. The number of imide groups is 1. The molecule has 0 aliphatic carbocycles. The number of anilines is 1. The number of nitrogens with one attached hydrogen (secondary N) is 1. The number of carbonyl (C=O) groups excluding carboxylic acids is 3. The van der Waals surface area contributed by atoms with E-state index in [1.807, 2.05) is 0 Å². The molecule has 3 aromatic rings. The summed E-state index contributed by atoms with van der Waals surface area (Å²) in [5.74, 6) is -0.969. The third-order valence-electron chi connectivity index (χ3n) is 4.14. The topological polar surface area (TPSA) is 101 Å². The number of rotatable bonds is 6. The van der Waals surface area contributed by atoms with Crippen molar-refractivity contribution in [2.45, 2.75) is 6.54 Å². The van der Waals surface area contributed by atoms with Crippen LogP contribution in [0.4, 0.5) is 5.13 Å². The van der Waals surface area contributed by atoms with Crippen molar-refractivity contribution in [1.82, 2.24) is 15.1 Å². The zero-order chi connectivity index (χ0) is 21.3. The van der Waals surface area contributed by atoms with Crippen LogP contribution in [0.2, 0.25) is 10.0 Å². The van der Waals surface area contributed by atoms with Crippen molar-refractivity contribution in [2.24, 2.45) is 0 Å². The molecule has 1 aromatic heterocycles. The average molecular weight is 463 g/mol. The summed E-state index contributed by atoms with van der Waals surface area (Å²) in [5.41, 5.74) is 0.717. The number of nitrogens with zero attached hydrogens (tertiary/aromatic N) is 3. The molecule has 1 aliphatic heterocycles. The van der Waals surface area contributed by atoms with Gasteiger partial charge in [0.15, 0.2) is 6.61 Å². The summed E-state index contributed by atoms with van der Waals surface area (Å²) in [6, 6.07) is 11.3. The highest BCUT2D eigenvalue weighted by Gasteiger charge is 2.35. The summed E-state index contributed by atoms with van der Waals surface area (Å²) >= 11 is 12.9. The van der Waals surface area contributed by atoms with E-state index < -0.39 is 5.91 Å². The van der Waals surface area contributed by atoms with Gasteiger partial charge in [-0.3, -0.25) is 24.6 Å². The second-order valence-electron chi connectivity index (χ2n) is 6.15. The van der Waals surface area contributed by atoms with Crippen LogP contribution in [-0.2, 0) is 11.3 Å². The Bertz CT molecular complexity index is 1130. The van der Waals surface area contributed by atoms with Crippen LogP contribution in [0.1, 0.15) is 25.7 Å². The predicted molar refractivity (Wildman–Crippen MR) is 111 cm³/mol. The number of fused-ring (bicyclic) bond motifs is 1. The molecular formula is C19H12Cl2N4O4S. The molecule has 0 fully saturated rings. The molecule has 152 valence electrons. The number of benzene rings is 2. The number of hydrogen-bond acceptors (Lipinski definition) is 7. The van der Waals surface area contributed by atoms with E-state index >= 15 is 0 Å². The fourth-order valence-corrected chi connectivity index (χ4v) is 3.85. The molecule has 0 bridgehead atoms. The number of amides is 3. The first-order chi connectivity index (χ1) is 14.4. The lowest BCUT2D eigenvalue weighted by molar-refractivity contribution is -0.118. The minimum absolute atomic E-state index is 0.0332. The Balaban J connectivity index is 1.35. The van der Waals surface area contributed by atoms with Crippen molar-refractivity contribution in [3.05, 3.63) is 68.6 Å². The Labute approximate surface area is 184 Å². The summed E-state index contributed by atoms with van der Waals surface area (Å²) in [7, 11) is 0. The minimum Gasteiger partial charge on any atom is -0.482 e. The van der Waals surface area contributed by atoms with E-state index in [1.165, 1.54) is 6.07 Å². The molecular weight excluding hydrogens is 451 g/mol. The molecule has 0 spiro atoms. The Hall–Kier alpha value is -3.01. The van der Waals surface area contributed by atoms with E-state index in [1.54, 1.807) is 36.4 Å². The molecule has 8 nitrogen and oxygen atoms in total. The summed E-state index contributed by atoms with van der Waals surface area (Å²) < 4.78 is 5.36. The number of halogens is 2. The molecule has 30 heavy (non-hydrogen) atoms.